The summed E-state index contributed by atoms with van der Waals surface area (Å²) in [5.74, 6) is 0.777. The molecule has 2 fully saturated rings. The predicted octanol–water partition coefficient (Wildman–Crippen LogP) is 0.459. The van der Waals surface area contributed by atoms with E-state index in [9.17, 15) is 4.79 Å². The third-order valence-corrected chi connectivity index (χ3v) is 4.60. The van der Waals surface area contributed by atoms with E-state index in [1.165, 1.54) is 25.9 Å². The average Bonchev–Trinajstić information content (AvgIpc) is 2.94. The first-order valence-electron chi connectivity index (χ1n) is 8.05. The van der Waals surface area contributed by atoms with Crippen molar-refractivity contribution in [3.05, 3.63) is 0 Å². The van der Waals surface area contributed by atoms with Crippen molar-refractivity contribution in [1.82, 2.24) is 15.5 Å². The lowest BCUT2D eigenvalue weighted by Gasteiger charge is -2.31. The zero-order chi connectivity index (χ0) is 14.4. The molecular formula is C15H29N3O2. The lowest BCUT2D eigenvalue weighted by Crippen LogP contribution is -2.46. The number of amides is 1. The van der Waals surface area contributed by atoms with E-state index in [-0.39, 0.29) is 17.9 Å². The number of nitrogens with zero attached hydrogens (tertiary/aromatic N) is 1. The lowest BCUT2D eigenvalue weighted by atomic mass is 9.96. The van der Waals surface area contributed by atoms with Gasteiger partial charge in [0.05, 0.1) is 19.1 Å². The summed E-state index contributed by atoms with van der Waals surface area (Å²) in [5.41, 5.74) is 0. The van der Waals surface area contributed by atoms with E-state index in [1.54, 1.807) is 0 Å². The van der Waals surface area contributed by atoms with Gasteiger partial charge in [-0.3, -0.25) is 4.79 Å². The highest BCUT2D eigenvalue weighted by Gasteiger charge is 2.33. The Labute approximate surface area is 122 Å². The summed E-state index contributed by atoms with van der Waals surface area (Å²) in [7, 11) is 0. The molecule has 2 aliphatic heterocycles. The Morgan fingerprint density at radius 3 is 2.65 bits per heavy atom. The number of hydrogen-bond acceptors (Lipinski definition) is 4. The maximum atomic E-state index is 12.3. The standard InChI is InChI=1S/C15H29N3O2/c1-3-16-14-11-20-10-13(14)15(19)17-9-12-5-7-18(4-2)8-6-12/h12-14,16H,3-11H2,1-2H3,(H,17,19). The van der Waals surface area contributed by atoms with E-state index in [0.29, 0.717) is 19.1 Å². The number of ether oxygens (including phenoxy) is 1. The average molecular weight is 283 g/mol. The van der Waals surface area contributed by atoms with E-state index in [1.807, 2.05) is 0 Å². The summed E-state index contributed by atoms with van der Waals surface area (Å²) in [6.45, 7) is 10.7. The van der Waals surface area contributed by atoms with Crippen molar-refractivity contribution in [3.8, 4) is 0 Å². The number of rotatable bonds is 6. The molecule has 0 spiro atoms. The van der Waals surface area contributed by atoms with Gasteiger partial charge in [0.15, 0.2) is 0 Å². The highest BCUT2D eigenvalue weighted by molar-refractivity contribution is 5.79. The minimum atomic E-state index is -0.0225. The van der Waals surface area contributed by atoms with Crippen LogP contribution in [0.4, 0.5) is 0 Å². The molecule has 116 valence electrons. The van der Waals surface area contributed by atoms with Gasteiger partial charge in [-0.2, -0.15) is 0 Å². The van der Waals surface area contributed by atoms with Gasteiger partial charge in [-0.25, -0.2) is 0 Å². The lowest BCUT2D eigenvalue weighted by molar-refractivity contribution is -0.125. The summed E-state index contributed by atoms with van der Waals surface area (Å²) < 4.78 is 5.43. The van der Waals surface area contributed by atoms with Crippen LogP contribution in [0, 0.1) is 11.8 Å². The Hall–Kier alpha value is -0.650. The molecule has 5 nitrogen and oxygen atoms in total. The van der Waals surface area contributed by atoms with Gasteiger partial charge in [0.2, 0.25) is 5.91 Å². The van der Waals surface area contributed by atoms with Gasteiger partial charge in [-0.15, -0.1) is 0 Å². The molecule has 2 aliphatic rings. The summed E-state index contributed by atoms with van der Waals surface area (Å²) >= 11 is 0. The van der Waals surface area contributed by atoms with Crippen molar-refractivity contribution in [2.75, 3.05) is 45.9 Å². The minimum absolute atomic E-state index is 0.0225. The van der Waals surface area contributed by atoms with Gasteiger partial charge in [-0.1, -0.05) is 13.8 Å². The SMILES string of the molecule is CCNC1COCC1C(=O)NCC1CCN(CC)CC1. The zero-order valence-corrected chi connectivity index (χ0v) is 12.9. The quantitative estimate of drug-likeness (QED) is 0.743. The van der Waals surface area contributed by atoms with Crippen LogP contribution in [0.3, 0.4) is 0 Å². The highest BCUT2D eigenvalue weighted by atomic mass is 16.5. The van der Waals surface area contributed by atoms with Crippen LogP contribution < -0.4 is 10.6 Å². The Morgan fingerprint density at radius 2 is 2.00 bits per heavy atom. The van der Waals surface area contributed by atoms with E-state index in [4.69, 9.17) is 4.74 Å². The van der Waals surface area contributed by atoms with Crippen LogP contribution in [0.5, 0.6) is 0 Å². The second kappa shape index (κ2) is 7.96. The molecule has 0 aromatic carbocycles. The second-order valence-electron chi connectivity index (χ2n) is 5.93. The molecule has 0 aromatic heterocycles. The molecule has 0 bridgehead atoms. The van der Waals surface area contributed by atoms with Crippen molar-refractivity contribution < 1.29 is 9.53 Å². The molecule has 1 amide bonds. The van der Waals surface area contributed by atoms with Crippen molar-refractivity contribution in [3.63, 3.8) is 0 Å². The van der Waals surface area contributed by atoms with Crippen molar-refractivity contribution in [2.24, 2.45) is 11.8 Å². The fourth-order valence-electron chi connectivity index (χ4n) is 3.16. The summed E-state index contributed by atoms with van der Waals surface area (Å²) in [6, 6.07) is 0.182. The Bertz CT molecular complexity index is 303. The van der Waals surface area contributed by atoms with Crippen LogP contribution in [-0.4, -0.2) is 62.8 Å². The number of hydrogen-bond donors (Lipinski definition) is 2. The molecule has 0 saturated carbocycles. The van der Waals surface area contributed by atoms with Crippen LogP contribution in [0.2, 0.25) is 0 Å². The fourth-order valence-corrected chi connectivity index (χ4v) is 3.16. The zero-order valence-electron chi connectivity index (χ0n) is 12.9. The molecule has 2 unspecified atom stereocenters. The highest BCUT2D eigenvalue weighted by Crippen LogP contribution is 2.17. The number of nitrogens with one attached hydrogen (secondary N) is 2. The maximum Gasteiger partial charge on any atom is 0.227 e. The van der Waals surface area contributed by atoms with E-state index >= 15 is 0 Å². The molecule has 2 heterocycles. The third kappa shape index (κ3) is 4.17. The van der Waals surface area contributed by atoms with Gasteiger partial charge in [0.1, 0.15) is 0 Å². The molecule has 0 aliphatic carbocycles. The van der Waals surface area contributed by atoms with Crippen LogP contribution in [-0.2, 0) is 9.53 Å². The monoisotopic (exact) mass is 283 g/mol. The van der Waals surface area contributed by atoms with E-state index < -0.39 is 0 Å². The molecule has 0 aromatic rings. The number of likely N-dealkylation sites (N-methyl/N-ethyl adjacent to an activating group) is 1. The van der Waals surface area contributed by atoms with Crippen molar-refractivity contribution in [2.45, 2.75) is 32.7 Å². The number of carbonyl (C=O) groups excluding carboxylic acids is 1. The number of carbonyl (C=O) groups is 1. The van der Waals surface area contributed by atoms with Gasteiger partial charge in [0, 0.05) is 12.6 Å². The molecule has 2 atom stereocenters. The molecule has 20 heavy (non-hydrogen) atoms. The number of piperidine rings is 1. The van der Waals surface area contributed by atoms with Crippen LogP contribution in [0.25, 0.3) is 0 Å². The molecule has 2 saturated heterocycles. The van der Waals surface area contributed by atoms with Crippen LogP contribution >= 0.6 is 0 Å². The van der Waals surface area contributed by atoms with E-state index in [0.717, 1.165) is 19.6 Å². The largest absolute Gasteiger partial charge is 0.379 e. The first kappa shape index (κ1) is 15.7. The summed E-state index contributed by atoms with van der Waals surface area (Å²) in [6.07, 6.45) is 2.40. The summed E-state index contributed by atoms with van der Waals surface area (Å²) in [4.78, 5) is 14.7. The maximum absolute atomic E-state index is 12.3. The molecule has 2 rings (SSSR count). The van der Waals surface area contributed by atoms with Gasteiger partial charge < -0.3 is 20.3 Å². The molecule has 2 N–H and O–H groups in total. The Balaban J connectivity index is 1.70. The van der Waals surface area contributed by atoms with Crippen LogP contribution in [0.15, 0.2) is 0 Å². The predicted molar refractivity (Wildman–Crippen MR) is 79.6 cm³/mol. The molecule has 5 heteroatoms. The van der Waals surface area contributed by atoms with Gasteiger partial charge in [-0.05, 0) is 44.9 Å². The third-order valence-electron chi connectivity index (χ3n) is 4.60. The summed E-state index contributed by atoms with van der Waals surface area (Å²) in [5, 5.41) is 6.47. The second-order valence-corrected chi connectivity index (χ2v) is 5.93. The Kier molecular flexibility index (Phi) is 6.26. The fraction of sp³-hybridized carbons (Fsp3) is 0.933. The Morgan fingerprint density at radius 1 is 1.25 bits per heavy atom. The van der Waals surface area contributed by atoms with Crippen LogP contribution in [0.1, 0.15) is 26.7 Å². The van der Waals surface area contributed by atoms with Crippen molar-refractivity contribution >= 4 is 5.91 Å². The normalized spacial score (nSPS) is 28.7. The molecule has 0 radical (unpaired) electrons. The first-order chi connectivity index (χ1) is 9.74. The van der Waals surface area contributed by atoms with Gasteiger partial charge >= 0.3 is 0 Å². The topological polar surface area (TPSA) is 53.6 Å². The number of likely N-dealkylation sites (tertiary alicyclic amines) is 1. The van der Waals surface area contributed by atoms with Gasteiger partial charge in [0.25, 0.3) is 0 Å². The molecular weight excluding hydrogens is 254 g/mol. The minimum Gasteiger partial charge on any atom is -0.379 e. The van der Waals surface area contributed by atoms with Crippen molar-refractivity contribution in [1.29, 1.82) is 0 Å². The first-order valence-corrected chi connectivity index (χ1v) is 8.05. The smallest absolute Gasteiger partial charge is 0.227 e. The van der Waals surface area contributed by atoms with E-state index in [2.05, 4.69) is 29.4 Å².